The number of aromatic nitrogens is 2. The molecule has 108 valence electrons. The third-order valence-corrected chi connectivity index (χ3v) is 3.55. The van der Waals surface area contributed by atoms with Crippen LogP contribution >= 0.6 is 15.9 Å². The van der Waals surface area contributed by atoms with Crippen LogP contribution in [0.25, 0.3) is 5.69 Å². The number of anilines is 1. The van der Waals surface area contributed by atoms with E-state index in [-0.39, 0.29) is 6.79 Å². The molecule has 2 aromatic rings. The van der Waals surface area contributed by atoms with Crippen molar-refractivity contribution in [2.75, 3.05) is 19.6 Å². The molecule has 1 aromatic carbocycles. The number of nitrogens with two attached hydrogens (primary N) is 1. The summed E-state index contributed by atoms with van der Waals surface area (Å²) in [6.45, 7) is 4.33. The molecule has 0 bridgehead atoms. The Kier molecular flexibility index (Phi) is 4.67. The Balaban J connectivity index is 2.58. The molecule has 2 N–H and O–H groups in total. The summed E-state index contributed by atoms with van der Waals surface area (Å²) in [7, 11) is 1.60. The fourth-order valence-electron chi connectivity index (χ4n) is 2.06. The summed E-state index contributed by atoms with van der Waals surface area (Å²) in [6.07, 6.45) is 2.70. The number of nitrogens with zero attached hydrogens (tertiary/aromatic N) is 2. The number of ether oxygens (including phenoxy) is 2. The Labute approximate surface area is 126 Å². The maximum absolute atomic E-state index is 5.81. The van der Waals surface area contributed by atoms with Crippen molar-refractivity contribution in [3.63, 3.8) is 0 Å². The van der Waals surface area contributed by atoms with E-state index in [1.165, 1.54) is 0 Å². The molecule has 0 amide bonds. The lowest BCUT2D eigenvalue weighted by atomic mass is 10.1. The minimum absolute atomic E-state index is 0.192. The van der Waals surface area contributed by atoms with Gasteiger partial charge in [0.2, 0.25) is 0 Å². The molecule has 20 heavy (non-hydrogen) atoms. The zero-order valence-electron chi connectivity index (χ0n) is 11.8. The molecule has 0 aliphatic heterocycles. The minimum Gasteiger partial charge on any atom is -0.465 e. The van der Waals surface area contributed by atoms with Crippen LogP contribution in [0.15, 0.2) is 22.8 Å². The van der Waals surface area contributed by atoms with Crippen LogP contribution in [0.5, 0.6) is 5.75 Å². The third-order valence-electron chi connectivity index (χ3n) is 2.94. The number of benzene rings is 1. The largest absolute Gasteiger partial charge is 0.465 e. The van der Waals surface area contributed by atoms with Crippen molar-refractivity contribution in [2.45, 2.75) is 20.3 Å². The highest BCUT2D eigenvalue weighted by atomic mass is 79.9. The topological polar surface area (TPSA) is 62.3 Å². The van der Waals surface area contributed by atoms with Gasteiger partial charge in [-0.1, -0.05) is 13.0 Å². The van der Waals surface area contributed by atoms with E-state index in [0.717, 1.165) is 33.5 Å². The lowest BCUT2D eigenvalue weighted by molar-refractivity contribution is 0.0509. The highest BCUT2D eigenvalue weighted by molar-refractivity contribution is 9.10. The first-order chi connectivity index (χ1) is 9.56. The van der Waals surface area contributed by atoms with Crippen LogP contribution in [-0.4, -0.2) is 23.7 Å². The maximum atomic E-state index is 5.81. The van der Waals surface area contributed by atoms with Crippen molar-refractivity contribution in [1.82, 2.24) is 9.78 Å². The predicted molar refractivity (Wildman–Crippen MR) is 82.3 cm³/mol. The van der Waals surface area contributed by atoms with Crippen LogP contribution in [0, 0.1) is 6.92 Å². The van der Waals surface area contributed by atoms with Crippen molar-refractivity contribution in [1.29, 1.82) is 0 Å². The van der Waals surface area contributed by atoms with E-state index in [0.29, 0.717) is 5.82 Å². The van der Waals surface area contributed by atoms with Crippen molar-refractivity contribution in [3.8, 4) is 11.4 Å². The van der Waals surface area contributed by atoms with Crippen LogP contribution < -0.4 is 10.5 Å². The van der Waals surface area contributed by atoms with E-state index < -0.39 is 0 Å². The van der Waals surface area contributed by atoms with Gasteiger partial charge >= 0.3 is 0 Å². The first-order valence-electron chi connectivity index (χ1n) is 6.33. The average molecular weight is 340 g/mol. The van der Waals surface area contributed by atoms with E-state index in [4.69, 9.17) is 15.2 Å². The average Bonchev–Trinajstić information content (AvgIpc) is 2.75. The molecule has 0 saturated carbocycles. The predicted octanol–water partition coefficient (Wildman–Crippen LogP) is 3.07. The molecular weight excluding hydrogens is 322 g/mol. The second kappa shape index (κ2) is 6.28. The number of halogens is 1. The Morgan fingerprint density at radius 3 is 2.70 bits per heavy atom. The summed E-state index contributed by atoms with van der Waals surface area (Å²) in [5.74, 6) is 1.18. The standard InChI is InChI=1S/C14H18BrN3O2/c1-4-10-5-9(2)6-12(20-8-19-3)13(10)18-7-11(15)14(16)17-18/h5-7H,4,8H2,1-3H3,(H2,16,17). The first kappa shape index (κ1) is 14.9. The van der Waals surface area contributed by atoms with Gasteiger partial charge in [-0.3, -0.25) is 0 Å². The Morgan fingerprint density at radius 1 is 1.40 bits per heavy atom. The molecule has 0 saturated heterocycles. The molecule has 0 unspecified atom stereocenters. The third kappa shape index (κ3) is 2.96. The quantitative estimate of drug-likeness (QED) is 0.850. The first-order valence-corrected chi connectivity index (χ1v) is 7.12. The van der Waals surface area contributed by atoms with E-state index in [1.807, 2.05) is 19.2 Å². The number of rotatable bonds is 5. The molecule has 1 heterocycles. The fraction of sp³-hybridized carbons (Fsp3) is 0.357. The van der Waals surface area contributed by atoms with Gasteiger partial charge in [0.05, 0.1) is 4.47 Å². The summed E-state index contributed by atoms with van der Waals surface area (Å²) < 4.78 is 13.2. The van der Waals surface area contributed by atoms with Crippen molar-refractivity contribution < 1.29 is 9.47 Å². The second-order valence-corrected chi connectivity index (χ2v) is 5.34. The minimum atomic E-state index is 0.192. The van der Waals surface area contributed by atoms with E-state index >= 15 is 0 Å². The second-order valence-electron chi connectivity index (χ2n) is 4.48. The Hall–Kier alpha value is -1.53. The molecule has 0 spiro atoms. The van der Waals surface area contributed by atoms with Crippen molar-refractivity contribution in [2.24, 2.45) is 0 Å². The molecule has 0 aliphatic rings. The van der Waals surface area contributed by atoms with Crippen LogP contribution in [0.4, 0.5) is 5.82 Å². The van der Waals surface area contributed by atoms with Gasteiger partial charge in [-0.15, -0.1) is 5.10 Å². The molecule has 0 aliphatic carbocycles. The molecule has 0 atom stereocenters. The van der Waals surface area contributed by atoms with E-state index in [2.05, 4.69) is 34.0 Å². The van der Waals surface area contributed by atoms with Gasteiger partial charge in [0.25, 0.3) is 0 Å². The maximum Gasteiger partial charge on any atom is 0.188 e. The van der Waals surface area contributed by atoms with Crippen molar-refractivity contribution in [3.05, 3.63) is 33.9 Å². The molecule has 5 nitrogen and oxygen atoms in total. The van der Waals surface area contributed by atoms with Gasteiger partial charge in [0.15, 0.2) is 12.6 Å². The van der Waals surface area contributed by atoms with Gasteiger partial charge in [0.1, 0.15) is 11.4 Å². The van der Waals surface area contributed by atoms with Gasteiger partial charge < -0.3 is 15.2 Å². The zero-order valence-corrected chi connectivity index (χ0v) is 13.4. The van der Waals surface area contributed by atoms with E-state index in [1.54, 1.807) is 11.8 Å². The zero-order chi connectivity index (χ0) is 14.7. The number of hydrogen-bond acceptors (Lipinski definition) is 4. The molecule has 6 heteroatoms. The SMILES string of the molecule is CCc1cc(C)cc(OCOC)c1-n1cc(Br)c(N)n1. The molecule has 1 aromatic heterocycles. The fourth-order valence-corrected chi connectivity index (χ4v) is 2.33. The van der Waals surface area contributed by atoms with Crippen molar-refractivity contribution >= 4 is 21.7 Å². The number of aryl methyl sites for hydroxylation is 2. The van der Waals surface area contributed by atoms with Gasteiger partial charge in [-0.05, 0) is 46.5 Å². The molecule has 0 fully saturated rings. The molecular formula is C14H18BrN3O2. The molecule has 0 radical (unpaired) electrons. The molecule has 2 rings (SSSR count). The summed E-state index contributed by atoms with van der Waals surface area (Å²) in [5, 5.41) is 4.31. The summed E-state index contributed by atoms with van der Waals surface area (Å²) in [4.78, 5) is 0. The van der Waals surface area contributed by atoms with Gasteiger partial charge in [0, 0.05) is 13.3 Å². The van der Waals surface area contributed by atoms with E-state index in [9.17, 15) is 0 Å². The normalized spacial score (nSPS) is 10.8. The number of hydrogen-bond donors (Lipinski definition) is 1. The van der Waals surface area contributed by atoms with Gasteiger partial charge in [-0.25, -0.2) is 4.68 Å². The van der Waals surface area contributed by atoms with Crippen LogP contribution in [0.3, 0.4) is 0 Å². The monoisotopic (exact) mass is 339 g/mol. The summed E-state index contributed by atoms with van der Waals surface area (Å²) in [5.41, 5.74) is 8.98. The Bertz CT molecular complexity index is 591. The van der Waals surface area contributed by atoms with Gasteiger partial charge in [-0.2, -0.15) is 0 Å². The number of methoxy groups -OCH3 is 1. The summed E-state index contributed by atoms with van der Waals surface area (Å²) >= 11 is 3.38. The highest BCUT2D eigenvalue weighted by Gasteiger charge is 2.15. The highest BCUT2D eigenvalue weighted by Crippen LogP contribution is 2.31. The Morgan fingerprint density at radius 2 is 2.15 bits per heavy atom. The number of nitrogen functional groups attached to an aromatic ring is 1. The van der Waals surface area contributed by atoms with Crippen LogP contribution in [-0.2, 0) is 11.2 Å². The lowest BCUT2D eigenvalue weighted by Crippen LogP contribution is -2.07. The van der Waals surface area contributed by atoms with Crippen LogP contribution in [0.2, 0.25) is 0 Å². The van der Waals surface area contributed by atoms with Crippen LogP contribution in [0.1, 0.15) is 18.1 Å². The lowest BCUT2D eigenvalue weighted by Gasteiger charge is -2.15. The smallest absolute Gasteiger partial charge is 0.188 e. The summed E-state index contributed by atoms with van der Waals surface area (Å²) in [6, 6.07) is 4.10.